The molecule has 12 aromatic rings. The summed E-state index contributed by atoms with van der Waals surface area (Å²) in [5, 5.41) is 2.52. The quantitative estimate of drug-likeness (QED) is 0.145. The minimum Gasteiger partial charge on any atom is -0.311 e. The van der Waals surface area contributed by atoms with Gasteiger partial charge in [0.25, 0.3) is 0 Å². The maximum atomic E-state index is 5.15. The molecule has 2 aromatic heterocycles. The second-order valence-electron chi connectivity index (χ2n) is 17.4. The van der Waals surface area contributed by atoms with Crippen LogP contribution in [-0.4, -0.2) is 14.1 Å². The molecule has 0 saturated carbocycles. The van der Waals surface area contributed by atoms with Crippen molar-refractivity contribution in [2.24, 2.45) is 0 Å². The van der Waals surface area contributed by atoms with Crippen LogP contribution < -0.4 is 4.90 Å². The van der Waals surface area contributed by atoms with E-state index < -0.39 is 0 Å². The molecule has 10 aromatic carbocycles. The van der Waals surface area contributed by atoms with Crippen LogP contribution in [0.25, 0.3) is 89.0 Å². The number of fused-ring (bicyclic) bond motifs is 4. The fraction of sp³-hybridized carbons (Fsp3) is 0.0317. The molecular weight excluding hydrogens is 813 g/mol. The third-order valence-electron chi connectivity index (χ3n) is 13.1. The van der Waals surface area contributed by atoms with Gasteiger partial charge in [-0.25, -0.2) is 4.98 Å². The van der Waals surface area contributed by atoms with Gasteiger partial charge in [0.2, 0.25) is 0 Å². The molecule has 0 bridgehead atoms. The minimum absolute atomic E-state index is 0.919. The molecule has 0 N–H and O–H groups in total. The summed E-state index contributed by atoms with van der Waals surface area (Å²) >= 11 is 0. The van der Waals surface area contributed by atoms with E-state index in [4.69, 9.17) is 4.98 Å². The predicted molar refractivity (Wildman–Crippen MR) is 281 cm³/mol. The minimum atomic E-state index is 0.919. The van der Waals surface area contributed by atoms with Crippen molar-refractivity contribution in [2.45, 2.75) is 13.8 Å². The molecule has 318 valence electrons. The first-order chi connectivity index (χ1) is 33.0. The first kappa shape index (κ1) is 39.8. The van der Waals surface area contributed by atoms with E-state index in [1.807, 2.05) is 0 Å². The Hall–Kier alpha value is -8.73. The highest BCUT2D eigenvalue weighted by molar-refractivity contribution is 6.09. The van der Waals surface area contributed by atoms with Crippen LogP contribution >= 0.6 is 0 Å². The lowest BCUT2D eigenvalue weighted by atomic mass is 9.92. The van der Waals surface area contributed by atoms with Gasteiger partial charge in [-0.3, -0.25) is 4.57 Å². The Morgan fingerprint density at radius 1 is 0.313 bits per heavy atom. The summed E-state index contributed by atoms with van der Waals surface area (Å²) in [7, 11) is 0. The van der Waals surface area contributed by atoms with E-state index in [0.29, 0.717) is 0 Å². The molecule has 4 nitrogen and oxygen atoms in total. The van der Waals surface area contributed by atoms with E-state index in [2.05, 4.69) is 271 Å². The topological polar surface area (TPSA) is 26.0 Å². The number of para-hydroxylation sites is 5. The molecule has 0 radical (unpaired) electrons. The van der Waals surface area contributed by atoms with E-state index in [1.165, 1.54) is 32.9 Å². The Labute approximate surface area is 390 Å². The van der Waals surface area contributed by atoms with Crippen molar-refractivity contribution in [1.29, 1.82) is 0 Å². The molecule has 12 rings (SSSR count). The zero-order valence-corrected chi connectivity index (χ0v) is 37.4. The van der Waals surface area contributed by atoms with E-state index in [-0.39, 0.29) is 0 Å². The highest BCUT2D eigenvalue weighted by Gasteiger charge is 2.17. The van der Waals surface area contributed by atoms with Crippen molar-refractivity contribution in [2.75, 3.05) is 4.90 Å². The SMILES string of the molecule is Cc1ccc(N(c2ccc(C)cc2)c2ccc(-c3cc(-c4ccc(-c5nc6ccccc6n5-c5ccccc5)cc4)cc(-c4ccc(-n5c6ccccc6c6ccccc65)cc4)c3)cc2)cc1. The third kappa shape index (κ3) is 7.35. The van der Waals surface area contributed by atoms with Crippen molar-refractivity contribution in [3.63, 3.8) is 0 Å². The van der Waals surface area contributed by atoms with E-state index in [9.17, 15) is 0 Å². The van der Waals surface area contributed by atoms with Gasteiger partial charge < -0.3 is 9.47 Å². The molecule has 0 atom stereocenters. The van der Waals surface area contributed by atoms with Gasteiger partial charge in [0, 0.05) is 44.8 Å². The van der Waals surface area contributed by atoms with Gasteiger partial charge in [-0.15, -0.1) is 0 Å². The molecule has 0 amide bonds. The van der Waals surface area contributed by atoms with Crippen molar-refractivity contribution in [1.82, 2.24) is 14.1 Å². The van der Waals surface area contributed by atoms with Crippen LogP contribution in [-0.2, 0) is 0 Å². The van der Waals surface area contributed by atoms with Gasteiger partial charge >= 0.3 is 0 Å². The van der Waals surface area contributed by atoms with Crippen LogP contribution in [0.5, 0.6) is 0 Å². The molecule has 0 unspecified atom stereocenters. The van der Waals surface area contributed by atoms with Crippen molar-refractivity contribution in [3.05, 3.63) is 254 Å². The van der Waals surface area contributed by atoms with Crippen molar-refractivity contribution in [3.8, 4) is 56.1 Å². The predicted octanol–water partition coefficient (Wildman–Crippen LogP) is 16.9. The summed E-state index contributed by atoms with van der Waals surface area (Å²) in [4.78, 5) is 7.48. The Morgan fingerprint density at radius 3 is 1.22 bits per heavy atom. The molecule has 4 heteroatoms. The summed E-state index contributed by atoms with van der Waals surface area (Å²) < 4.78 is 4.64. The van der Waals surface area contributed by atoms with Crippen LogP contribution in [0.2, 0.25) is 0 Å². The van der Waals surface area contributed by atoms with Crippen LogP contribution in [0.4, 0.5) is 17.1 Å². The van der Waals surface area contributed by atoms with Crippen molar-refractivity contribution >= 4 is 49.9 Å². The second-order valence-corrected chi connectivity index (χ2v) is 17.4. The molecule has 0 spiro atoms. The van der Waals surface area contributed by atoms with E-state index in [0.717, 1.165) is 84.2 Å². The number of benzene rings is 10. The van der Waals surface area contributed by atoms with Gasteiger partial charge in [-0.1, -0.05) is 151 Å². The standard InChI is InChI=1S/C63H46N4/c1-43-20-32-53(33-21-43)65(54-34-22-44(2)23-35-54)55-36-28-46(29-37-55)50-40-49(45-24-26-48(27-25-45)63-64-59-16-8-11-19-62(59)67(63)52-12-4-3-5-13-52)41-51(42-50)47-30-38-56(39-31-47)66-60-17-9-6-14-57(60)58-15-7-10-18-61(58)66/h3-42H,1-2H3. The largest absolute Gasteiger partial charge is 0.311 e. The zero-order valence-electron chi connectivity index (χ0n) is 37.4. The second kappa shape index (κ2) is 16.7. The van der Waals surface area contributed by atoms with E-state index in [1.54, 1.807) is 0 Å². The Bertz CT molecular complexity index is 3610. The van der Waals surface area contributed by atoms with Crippen molar-refractivity contribution < 1.29 is 0 Å². The van der Waals surface area contributed by atoms with Gasteiger partial charge in [0.05, 0.1) is 22.1 Å². The lowest BCUT2D eigenvalue weighted by molar-refractivity contribution is 1.10. The lowest BCUT2D eigenvalue weighted by Gasteiger charge is -2.26. The molecule has 0 aliphatic rings. The van der Waals surface area contributed by atoms with Crippen LogP contribution in [0.1, 0.15) is 11.1 Å². The highest BCUT2D eigenvalue weighted by Crippen LogP contribution is 2.40. The molecular formula is C63H46N4. The number of anilines is 3. The number of aromatic nitrogens is 3. The maximum absolute atomic E-state index is 5.15. The maximum Gasteiger partial charge on any atom is 0.145 e. The number of hydrogen-bond donors (Lipinski definition) is 0. The number of imidazole rings is 1. The Morgan fingerprint density at radius 2 is 0.701 bits per heavy atom. The zero-order chi connectivity index (χ0) is 44.8. The fourth-order valence-electron chi connectivity index (χ4n) is 9.64. The summed E-state index contributed by atoms with van der Waals surface area (Å²) in [6, 6.07) is 87.7. The van der Waals surface area contributed by atoms with E-state index >= 15 is 0 Å². The number of rotatable bonds is 9. The lowest BCUT2D eigenvalue weighted by Crippen LogP contribution is -2.09. The molecule has 67 heavy (non-hydrogen) atoms. The average Bonchev–Trinajstić information content (AvgIpc) is 3.95. The molecule has 0 aliphatic heterocycles. The first-order valence-corrected chi connectivity index (χ1v) is 22.9. The van der Waals surface area contributed by atoms with Gasteiger partial charge in [0.15, 0.2) is 0 Å². The summed E-state index contributed by atoms with van der Waals surface area (Å²) in [5.74, 6) is 0.919. The number of nitrogens with zero attached hydrogens (tertiary/aromatic N) is 4. The normalized spacial score (nSPS) is 11.4. The summed E-state index contributed by atoms with van der Waals surface area (Å²) in [6.07, 6.45) is 0. The molecule has 0 aliphatic carbocycles. The Kier molecular flexibility index (Phi) is 9.92. The third-order valence-corrected chi connectivity index (χ3v) is 13.1. The van der Waals surface area contributed by atoms with Crippen LogP contribution in [0, 0.1) is 13.8 Å². The monoisotopic (exact) mass is 858 g/mol. The fourth-order valence-corrected chi connectivity index (χ4v) is 9.64. The van der Waals surface area contributed by atoms with Gasteiger partial charge in [-0.2, -0.15) is 0 Å². The molecule has 2 heterocycles. The molecule has 0 saturated heterocycles. The Balaban J connectivity index is 0.958. The molecule has 0 fully saturated rings. The van der Waals surface area contributed by atoms with Gasteiger partial charge in [0.1, 0.15) is 5.82 Å². The number of aryl methyl sites for hydroxylation is 2. The van der Waals surface area contributed by atoms with Gasteiger partial charge in [-0.05, 0) is 150 Å². The summed E-state index contributed by atoms with van der Waals surface area (Å²) in [5.41, 5.74) is 20.5. The summed E-state index contributed by atoms with van der Waals surface area (Å²) in [6.45, 7) is 4.27. The first-order valence-electron chi connectivity index (χ1n) is 22.9. The van der Waals surface area contributed by atoms with Crippen LogP contribution in [0.3, 0.4) is 0 Å². The smallest absolute Gasteiger partial charge is 0.145 e. The highest BCUT2D eigenvalue weighted by atomic mass is 15.1. The number of hydrogen-bond acceptors (Lipinski definition) is 2. The van der Waals surface area contributed by atoms with Crippen LogP contribution in [0.15, 0.2) is 243 Å². The average molecular weight is 859 g/mol.